The molecule has 2 rings (SSSR count). The molecule has 2 atom stereocenters. The fourth-order valence-electron chi connectivity index (χ4n) is 2.86. The molecule has 0 spiro atoms. The van der Waals surface area contributed by atoms with Crippen LogP contribution in [0.5, 0.6) is 0 Å². The Kier molecular flexibility index (Phi) is 3.01. The second kappa shape index (κ2) is 4.12. The van der Waals surface area contributed by atoms with Gasteiger partial charge in [-0.15, -0.1) is 0 Å². The number of hydrogen-bond donors (Lipinski definition) is 2. The number of aliphatic carboxylic acids is 1. The first-order chi connectivity index (χ1) is 7.15. The van der Waals surface area contributed by atoms with Gasteiger partial charge in [-0.2, -0.15) is 0 Å². The Hall–Kier alpha value is -0.570. The summed E-state index contributed by atoms with van der Waals surface area (Å²) in [5, 5.41) is 12.9. The third kappa shape index (κ3) is 1.89. The molecule has 0 aromatic heterocycles. The molecule has 0 aromatic carbocycles. The molecule has 15 heavy (non-hydrogen) atoms. The second-order valence-electron chi connectivity index (χ2n) is 5.20. The van der Waals surface area contributed by atoms with Crippen LogP contribution in [0.2, 0.25) is 0 Å². The predicted molar refractivity (Wildman–Crippen MR) is 58.8 cm³/mol. The first kappa shape index (κ1) is 10.9. The van der Waals surface area contributed by atoms with Gasteiger partial charge in [-0.1, -0.05) is 26.2 Å². The monoisotopic (exact) mass is 211 g/mol. The molecule has 0 saturated heterocycles. The molecule has 0 aromatic rings. The number of rotatable bonds is 3. The lowest BCUT2D eigenvalue weighted by Crippen LogP contribution is -2.62. The molecule has 2 aliphatic carbocycles. The summed E-state index contributed by atoms with van der Waals surface area (Å²) in [6, 6.07) is 0.460. The molecular weight excluding hydrogens is 190 g/mol. The summed E-state index contributed by atoms with van der Waals surface area (Å²) in [6.45, 7) is 2.08. The summed E-state index contributed by atoms with van der Waals surface area (Å²) >= 11 is 0. The standard InChI is InChI=1S/C12H21NO2/c1-9-5-2-3-8-12(9,11(14)15)13-10-6-4-7-10/h9-10,13H,2-8H2,1H3,(H,14,15). The van der Waals surface area contributed by atoms with Gasteiger partial charge in [0.25, 0.3) is 0 Å². The highest BCUT2D eigenvalue weighted by molar-refractivity contribution is 5.79. The van der Waals surface area contributed by atoms with E-state index < -0.39 is 11.5 Å². The van der Waals surface area contributed by atoms with Crippen molar-refractivity contribution in [3.63, 3.8) is 0 Å². The highest BCUT2D eigenvalue weighted by Gasteiger charge is 2.46. The van der Waals surface area contributed by atoms with Crippen molar-refractivity contribution >= 4 is 5.97 Å². The molecule has 2 saturated carbocycles. The first-order valence-corrected chi connectivity index (χ1v) is 6.16. The number of carboxylic acids is 1. The van der Waals surface area contributed by atoms with E-state index in [-0.39, 0.29) is 5.92 Å². The zero-order valence-electron chi connectivity index (χ0n) is 9.46. The van der Waals surface area contributed by atoms with Crippen LogP contribution in [0.25, 0.3) is 0 Å². The number of carboxylic acid groups (broad SMARTS) is 1. The van der Waals surface area contributed by atoms with E-state index in [1.165, 1.54) is 12.8 Å². The lowest BCUT2D eigenvalue weighted by atomic mass is 9.72. The van der Waals surface area contributed by atoms with Gasteiger partial charge in [-0.05, 0) is 31.6 Å². The van der Waals surface area contributed by atoms with Crippen LogP contribution in [-0.2, 0) is 4.79 Å². The number of carbonyl (C=O) groups is 1. The van der Waals surface area contributed by atoms with Gasteiger partial charge in [0, 0.05) is 6.04 Å². The molecule has 0 bridgehead atoms. The van der Waals surface area contributed by atoms with E-state index in [4.69, 9.17) is 0 Å². The summed E-state index contributed by atoms with van der Waals surface area (Å²) in [7, 11) is 0. The van der Waals surface area contributed by atoms with Crippen LogP contribution in [0.15, 0.2) is 0 Å². The summed E-state index contributed by atoms with van der Waals surface area (Å²) < 4.78 is 0. The Bertz CT molecular complexity index is 250. The fourth-order valence-corrected chi connectivity index (χ4v) is 2.86. The van der Waals surface area contributed by atoms with Crippen molar-refractivity contribution in [3.8, 4) is 0 Å². The minimum absolute atomic E-state index is 0.268. The fraction of sp³-hybridized carbons (Fsp3) is 0.917. The highest BCUT2D eigenvalue weighted by Crippen LogP contribution is 2.36. The number of hydrogen-bond acceptors (Lipinski definition) is 2. The second-order valence-corrected chi connectivity index (χ2v) is 5.20. The van der Waals surface area contributed by atoms with Crippen molar-refractivity contribution in [2.75, 3.05) is 0 Å². The van der Waals surface area contributed by atoms with Gasteiger partial charge in [-0.3, -0.25) is 10.1 Å². The van der Waals surface area contributed by atoms with E-state index in [9.17, 15) is 9.90 Å². The Morgan fingerprint density at radius 2 is 2.00 bits per heavy atom. The molecule has 2 N–H and O–H groups in total. The molecule has 0 radical (unpaired) electrons. The Morgan fingerprint density at radius 1 is 1.27 bits per heavy atom. The van der Waals surface area contributed by atoms with E-state index >= 15 is 0 Å². The molecular formula is C12H21NO2. The van der Waals surface area contributed by atoms with Gasteiger partial charge in [0.05, 0.1) is 0 Å². The molecule has 86 valence electrons. The first-order valence-electron chi connectivity index (χ1n) is 6.16. The lowest BCUT2D eigenvalue weighted by molar-refractivity contribution is -0.150. The molecule has 0 amide bonds. The largest absolute Gasteiger partial charge is 0.480 e. The Labute approximate surface area is 91.2 Å². The van der Waals surface area contributed by atoms with E-state index in [1.807, 2.05) is 0 Å². The molecule has 0 heterocycles. The molecule has 2 aliphatic rings. The van der Waals surface area contributed by atoms with Crippen LogP contribution in [0.4, 0.5) is 0 Å². The van der Waals surface area contributed by atoms with Crippen LogP contribution in [0.1, 0.15) is 51.9 Å². The van der Waals surface area contributed by atoms with Crippen LogP contribution >= 0.6 is 0 Å². The average molecular weight is 211 g/mol. The van der Waals surface area contributed by atoms with Gasteiger partial charge in [0.1, 0.15) is 5.54 Å². The Morgan fingerprint density at radius 3 is 2.47 bits per heavy atom. The SMILES string of the molecule is CC1CCCCC1(NC1CCC1)C(=O)O. The molecule has 2 fully saturated rings. The van der Waals surface area contributed by atoms with Gasteiger partial charge in [0.2, 0.25) is 0 Å². The van der Waals surface area contributed by atoms with Crippen LogP contribution < -0.4 is 5.32 Å². The molecule has 0 aliphatic heterocycles. The predicted octanol–water partition coefficient (Wildman–Crippen LogP) is 2.16. The van der Waals surface area contributed by atoms with Gasteiger partial charge in [-0.25, -0.2) is 0 Å². The third-order valence-corrected chi connectivity index (χ3v) is 4.25. The summed E-state index contributed by atoms with van der Waals surface area (Å²) in [5.74, 6) is -0.369. The van der Waals surface area contributed by atoms with Gasteiger partial charge >= 0.3 is 5.97 Å². The van der Waals surface area contributed by atoms with E-state index in [0.29, 0.717) is 6.04 Å². The maximum Gasteiger partial charge on any atom is 0.324 e. The van der Waals surface area contributed by atoms with Crippen LogP contribution in [-0.4, -0.2) is 22.7 Å². The summed E-state index contributed by atoms with van der Waals surface area (Å²) in [6.07, 6.45) is 7.65. The van der Waals surface area contributed by atoms with Gasteiger partial charge < -0.3 is 5.11 Å². The summed E-state index contributed by atoms with van der Waals surface area (Å²) in [5.41, 5.74) is -0.622. The zero-order chi connectivity index (χ0) is 10.9. The van der Waals surface area contributed by atoms with E-state index in [1.54, 1.807) is 0 Å². The van der Waals surface area contributed by atoms with E-state index in [2.05, 4.69) is 12.2 Å². The summed E-state index contributed by atoms with van der Waals surface area (Å²) in [4.78, 5) is 11.5. The quantitative estimate of drug-likeness (QED) is 0.752. The molecule has 3 nitrogen and oxygen atoms in total. The van der Waals surface area contributed by atoms with Crippen molar-refractivity contribution in [1.29, 1.82) is 0 Å². The third-order valence-electron chi connectivity index (χ3n) is 4.25. The Balaban J connectivity index is 2.09. The van der Waals surface area contributed by atoms with Crippen LogP contribution in [0, 0.1) is 5.92 Å². The maximum absolute atomic E-state index is 11.5. The van der Waals surface area contributed by atoms with Crippen molar-refractivity contribution in [2.45, 2.75) is 63.5 Å². The lowest BCUT2D eigenvalue weighted by Gasteiger charge is -2.44. The number of nitrogens with one attached hydrogen (secondary N) is 1. The maximum atomic E-state index is 11.5. The van der Waals surface area contributed by atoms with E-state index in [0.717, 1.165) is 32.1 Å². The minimum Gasteiger partial charge on any atom is -0.480 e. The molecule has 2 unspecified atom stereocenters. The molecule has 3 heteroatoms. The highest BCUT2D eigenvalue weighted by atomic mass is 16.4. The van der Waals surface area contributed by atoms with Crippen molar-refractivity contribution < 1.29 is 9.90 Å². The van der Waals surface area contributed by atoms with Crippen molar-refractivity contribution in [2.24, 2.45) is 5.92 Å². The van der Waals surface area contributed by atoms with Crippen LogP contribution in [0.3, 0.4) is 0 Å². The smallest absolute Gasteiger partial charge is 0.324 e. The topological polar surface area (TPSA) is 49.3 Å². The van der Waals surface area contributed by atoms with Crippen molar-refractivity contribution in [3.05, 3.63) is 0 Å². The zero-order valence-corrected chi connectivity index (χ0v) is 9.46. The minimum atomic E-state index is -0.637. The van der Waals surface area contributed by atoms with Crippen molar-refractivity contribution in [1.82, 2.24) is 5.32 Å². The average Bonchev–Trinajstić information content (AvgIpc) is 2.14. The normalized spacial score (nSPS) is 37.3. The van der Waals surface area contributed by atoms with Gasteiger partial charge in [0.15, 0.2) is 0 Å².